The van der Waals surface area contributed by atoms with Crippen molar-refractivity contribution in [2.45, 2.75) is 12.7 Å². The molecule has 1 heterocycles. The number of benzene rings is 1. The molecule has 22 heavy (non-hydrogen) atoms. The monoisotopic (exact) mass is 339 g/mol. The lowest BCUT2D eigenvalue weighted by Gasteiger charge is -2.08. The van der Waals surface area contributed by atoms with Crippen LogP contribution in [-0.4, -0.2) is 24.8 Å². The highest BCUT2D eigenvalue weighted by Gasteiger charge is 2.09. The van der Waals surface area contributed by atoms with Crippen LogP contribution >= 0.6 is 23.4 Å². The summed E-state index contributed by atoms with van der Waals surface area (Å²) in [7, 11) is 0. The topological polar surface area (TPSA) is 51.5 Å². The van der Waals surface area contributed by atoms with E-state index in [0.29, 0.717) is 29.5 Å². The number of ether oxygens (including phenoxy) is 1. The van der Waals surface area contributed by atoms with Gasteiger partial charge in [0.05, 0.1) is 23.6 Å². The molecule has 0 bridgehead atoms. The Balaban J connectivity index is 1.73. The van der Waals surface area contributed by atoms with E-state index in [9.17, 15) is 4.79 Å². The fraction of sp³-hybridized carbons (Fsp3) is 0.312. The Morgan fingerprint density at radius 3 is 2.95 bits per heavy atom. The molecule has 1 aromatic heterocycles. The van der Waals surface area contributed by atoms with Gasteiger partial charge in [0.15, 0.2) is 0 Å². The van der Waals surface area contributed by atoms with Crippen molar-refractivity contribution in [3.8, 4) is 5.75 Å². The molecule has 0 aliphatic rings. The van der Waals surface area contributed by atoms with Crippen LogP contribution < -0.4 is 10.1 Å². The van der Waals surface area contributed by atoms with Crippen LogP contribution in [0.5, 0.6) is 5.75 Å². The molecule has 1 aromatic carbocycles. The number of amides is 1. The molecule has 0 saturated carbocycles. The molecular weight excluding hydrogens is 322 g/mol. The second-order valence-corrected chi connectivity index (χ2v) is 5.98. The molecule has 118 valence electrons. The number of furan rings is 1. The standard InChI is InChI=1S/C16H18ClNO3S/c1-2-20-15-6-5-12(10-14(15)17)16(19)18-7-9-22-11-13-4-3-8-21-13/h3-6,8,10H,2,7,9,11H2,1H3,(H,18,19). The maximum Gasteiger partial charge on any atom is 0.251 e. The molecule has 2 rings (SSSR count). The van der Waals surface area contributed by atoms with Crippen LogP contribution in [0.2, 0.25) is 5.02 Å². The van der Waals surface area contributed by atoms with E-state index >= 15 is 0 Å². The maximum atomic E-state index is 12.0. The van der Waals surface area contributed by atoms with E-state index in [0.717, 1.165) is 17.3 Å². The van der Waals surface area contributed by atoms with Crippen LogP contribution in [-0.2, 0) is 5.75 Å². The number of rotatable bonds is 8. The fourth-order valence-electron chi connectivity index (χ4n) is 1.82. The second kappa shape index (κ2) is 8.76. The highest BCUT2D eigenvalue weighted by Crippen LogP contribution is 2.25. The molecule has 0 aliphatic carbocycles. The lowest BCUT2D eigenvalue weighted by molar-refractivity contribution is 0.0956. The Labute approximate surface area is 139 Å². The van der Waals surface area contributed by atoms with Gasteiger partial charge >= 0.3 is 0 Å². The normalized spacial score (nSPS) is 10.5. The van der Waals surface area contributed by atoms with Crippen LogP contribution in [0.1, 0.15) is 23.0 Å². The first-order chi connectivity index (χ1) is 10.7. The Morgan fingerprint density at radius 1 is 1.41 bits per heavy atom. The molecule has 1 amide bonds. The number of thioether (sulfide) groups is 1. The number of carbonyl (C=O) groups excluding carboxylic acids is 1. The van der Waals surface area contributed by atoms with E-state index in [4.69, 9.17) is 20.8 Å². The van der Waals surface area contributed by atoms with Gasteiger partial charge in [-0.3, -0.25) is 4.79 Å². The number of halogens is 1. The molecular formula is C16H18ClNO3S. The molecule has 2 aromatic rings. The highest BCUT2D eigenvalue weighted by molar-refractivity contribution is 7.98. The molecule has 6 heteroatoms. The predicted molar refractivity (Wildman–Crippen MR) is 89.8 cm³/mol. The van der Waals surface area contributed by atoms with Crippen LogP contribution in [0.3, 0.4) is 0 Å². The van der Waals surface area contributed by atoms with E-state index in [1.54, 1.807) is 36.2 Å². The van der Waals surface area contributed by atoms with Crippen LogP contribution in [0.15, 0.2) is 41.0 Å². The molecule has 1 N–H and O–H groups in total. The molecule has 4 nitrogen and oxygen atoms in total. The van der Waals surface area contributed by atoms with Gasteiger partial charge in [0, 0.05) is 17.9 Å². The summed E-state index contributed by atoms with van der Waals surface area (Å²) in [5.41, 5.74) is 0.532. The van der Waals surface area contributed by atoms with Crippen molar-refractivity contribution in [2.24, 2.45) is 0 Å². The van der Waals surface area contributed by atoms with Gasteiger partial charge in [-0.1, -0.05) is 11.6 Å². The van der Waals surface area contributed by atoms with E-state index in [-0.39, 0.29) is 5.91 Å². The second-order valence-electron chi connectivity index (χ2n) is 4.47. The molecule has 0 spiro atoms. The molecule has 0 unspecified atom stereocenters. The number of hydrogen-bond acceptors (Lipinski definition) is 4. The molecule has 0 atom stereocenters. The summed E-state index contributed by atoms with van der Waals surface area (Å²) < 4.78 is 10.6. The first kappa shape index (κ1) is 16.8. The summed E-state index contributed by atoms with van der Waals surface area (Å²) in [6.07, 6.45) is 1.66. The van der Waals surface area contributed by atoms with Crippen molar-refractivity contribution in [1.82, 2.24) is 5.32 Å². The Bertz CT molecular complexity index is 601. The van der Waals surface area contributed by atoms with Crippen molar-refractivity contribution in [3.63, 3.8) is 0 Å². The highest BCUT2D eigenvalue weighted by atomic mass is 35.5. The van der Waals surface area contributed by atoms with E-state index < -0.39 is 0 Å². The van der Waals surface area contributed by atoms with Gasteiger partial charge < -0.3 is 14.5 Å². The van der Waals surface area contributed by atoms with E-state index in [2.05, 4.69) is 5.32 Å². The van der Waals surface area contributed by atoms with Crippen molar-refractivity contribution < 1.29 is 13.9 Å². The van der Waals surface area contributed by atoms with Gasteiger partial charge in [-0.15, -0.1) is 0 Å². The van der Waals surface area contributed by atoms with Gasteiger partial charge in [0.25, 0.3) is 5.91 Å². The van der Waals surface area contributed by atoms with Gasteiger partial charge in [-0.25, -0.2) is 0 Å². The van der Waals surface area contributed by atoms with Crippen LogP contribution in [0.25, 0.3) is 0 Å². The largest absolute Gasteiger partial charge is 0.492 e. The molecule has 0 fully saturated rings. The van der Waals surface area contributed by atoms with Crippen LogP contribution in [0, 0.1) is 0 Å². The maximum absolute atomic E-state index is 12.0. The number of hydrogen-bond donors (Lipinski definition) is 1. The third-order valence-corrected chi connectivity index (χ3v) is 4.13. The first-order valence-electron chi connectivity index (χ1n) is 7.01. The zero-order chi connectivity index (χ0) is 15.8. The predicted octanol–water partition coefficient (Wildman–Crippen LogP) is 3.99. The Kier molecular flexibility index (Phi) is 6.68. The summed E-state index contributed by atoms with van der Waals surface area (Å²) in [6.45, 7) is 3.02. The zero-order valence-corrected chi connectivity index (χ0v) is 13.9. The summed E-state index contributed by atoms with van der Waals surface area (Å²) in [4.78, 5) is 12.0. The number of nitrogens with one attached hydrogen (secondary N) is 1. The third-order valence-electron chi connectivity index (χ3n) is 2.85. The third kappa shape index (κ3) is 5.00. The smallest absolute Gasteiger partial charge is 0.251 e. The summed E-state index contributed by atoms with van der Waals surface area (Å²) in [5.74, 6) is 3.02. The quantitative estimate of drug-likeness (QED) is 0.739. The van der Waals surface area contributed by atoms with Crippen LogP contribution in [0.4, 0.5) is 0 Å². The Morgan fingerprint density at radius 2 is 2.27 bits per heavy atom. The molecule has 0 saturated heterocycles. The van der Waals surface area contributed by atoms with Gasteiger partial charge in [0.2, 0.25) is 0 Å². The molecule has 0 radical (unpaired) electrons. The van der Waals surface area contributed by atoms with Crippen molar-refractivity contribution >= 4 is 29.3 Å². The SMILES string of the molecule is CCOc1ccc(C(=O)NCCSCc2ccco2)cc1Cl. The molecule has 0 aliphatic heterocycles. The minimum absolute atomic E-state index is 0.136. The fourth-order valence-corrected chi connectivity index (χ4v) is 2.81. The summed E-state index contributed by atoms with van der Waals surface area (Å²) >= 11 is 7.78. The first-order valence-corrected chi connectivity index (χ1v) is 8.54. The average Bonchev–Trinajstić information content (AvgIpc) is 3.02. The van der Waals surface area contributed by atoms with Crippen molar-refractivity contribution in [3.05, 3.63) is 52.9 Å². The van der Waals surface area contributed by atoms with Crippen molar-refractivity contribution in [1.29, 1.82) is 0 Å². The zero-order valence-electron chi connectivity index (χ0n) is 12.3. The van der Waals surface area contributed by atoms with Gasteiger partial charge in [-0.2, -0.15) is 11.8 Å². The van der Waals surface area contributed by atoms with Crippen molar-refractivity contribution in [2.75, 3.05) is 18.9 Å². The minimum atomic E-state index is -0.136. The average molecular weight is 340 g/mol. The number of carbonyl (C=O) groups is 1. The van der Waals surface area contributed by atoms with E-state index in [1.165, 1.54) is 0 Å². The summed E-state index contributed by atoms with van der Waals surface area (Å²) in [5, 5.41) is 3.31. The lowest BCUT2D eigenvalue weighted by atomic mass is 10.2. The van der Waals surface area contributed by atoms with E-state index in [1.807, 2.05) is 19.1 Å². The van der Waals surface area contributed by atoms with Gasteiger partial charge in [0.1, 0.15) is 11.5 Å². The summed E-state index contributed by atoms with van der Waals surface area (Å²) in [6, 6.07) is 8.85. The lowest BCUT2D eigenvalue weighted by Crippen LogP contribution is -2.25. The minimum Gasteiger partial charge on any atom is -0.492 e. The van der Waals surface area contributed by atoms with Gasteiger partial charge in [-0.05, 0) is 37.3 Å². The Hall–Kier alpha value is -1.59.